The van der Waals surface area contributed by atoms with Crippen molar-refractivity contribution < 1.29 is 56.0 Å². The summed E-state index contributed by atoms with van der Waals surface area (Å²) in [4.78, 5) is 26.6. The van der Waals surface area contributed by atoms with E-state index in [0.29, 0.717) is 18.6 Å². The Kier molecular flexibility index (Phi) is 9.64. The van der Waals surface area contributed by atoms with E-state index in [9.17, 15) is 51.3 Å². The molecule has 43 heavy (non-hydrogen) atoms. The van der Waals surface area contributed by atoms with Crippen molar-refractivity contribution in [3.63, 3.8) is 0 Å². The maximum Gasteiger partial charge on any atom is 0.430 e. The molecule has 2 aromatic carbocycles. The number of allylic oxidation sites excluding steroid dienone is 1. The molecule has 3 rings (SSSR count). The fraction of sp³-hybridized carbons (Fsp3) is 0.448. The van der Waals surface area contributed by atoms with Crippen LogP contribution in [0.2, 0.25) is 0 Å². The number of ether oxygens (including phenoxy) is 1. The zero-order chi connectivity index (χ0) is 32.4. The van der Waals surface area contributed by atoms with Crippen molar-refractivity contribution in [3.05, 3.63) is 58.7 Å². The van der Waals surface area contributed by atoms with Crippen molar-refractivity contribution in [2.24, 2.45) is 0 Å². The van der Waals surface area contributed by atoms with Gasteiger partial charge in [-0.3, -0.25) is 9.69 Å². The molecule has 1 fully saturated rings. The van der Waals surface area contributed by atoms with Gasteiger partial charge in [-0.2, -0.15) is 26.3 Å². The number of urea groups is 1. The van der Waals surface area contributed by atoms with E-state index in [2.05, 4.69) is 5.32 Å². The van der Waals surface area contributed by atoms with Gasteiger partial charge in [-0.1, -0.05) is 31.6 Å². The van der Waals surface area contributed by atoms with E-state index in [1.165, 1.54) is 38.1 Å². The highest BCUT2D eigenvalue weighted by Crippen LogP contribution is 2.51. The summed E-state index contributed by atoms with van der Waals surface area (Å²) in [6.45, 7) is 4.57. The number of imide groups is 1. The van der Waals surface area contributed by atoms with Crippen LogP contribution in [0.5, 0.6) is 17.2 Å². The topological polar surface area (TPSA) is 119 Å². The largest absolute Gasteiger partial charge is 0.504 e. The molecule has 0 aliphatic carbocycles. The van der Waals surface area contributed by atoms with Crippen LogP contribution < -0.4 is 10.1 Å². The average Bonchev–Trinajstić information content (AvgIpc) is 3.13. The van der Waals surface area contributed by atoms with Crippen molar-refractivity contribution in [2.75, 3.05) is 13.2 Å². The predicted octanol–water partition coefficient (Wildman–Crippen LogP) is 6.02. The Morgan fingerprint density at radius 1 is 1.00 bits per heavy atom. The maximum atomic E-state index is 13.6. The molecule has 1 atom stereocenters. The number of phenols is 2. The second-order valence-electron chi connectivity index (χ2n) is 10.3. The van der Waals surface area contributed by atoms with Crippen LogP contribution in [0.4, 0.5) is 31.1 Å². The number of nitrogens with zero attached hydrogens (tertiary/aromatic N) is 1. The number of benzene rings is 2. The highest BCUT2D eigenvalue weighted by atomic mass is 19.4. The van der Waals surface area contributed by atoms with Gasteiger partial charge in [0.1, 0.15) is 11.3 Å². The number of hydrogen-bond acceptors (Lipinski definition) is 6. The van der Waals surface area contributed by atoms with Crippen LogP contribution in [-0.2, 0) is 22.4 Å². The van der Waals surface area contributed by atoms with Crippen molar-refractivity contribution in [1.29, 1.82) is 0 Å². The number of alkyl halides is 6. The van der Waals surface area contributed by atoms with Crippen molar-refractivity contribution in [1.82, 2.24) is 10.2 Å². The van der Waals surface area contributed by atoms with E-state index in [1.54, 1.807) is 6.92 Å². The van der Waals surface area contributed by atoms with Crippen LogP contribution in [0.25, 0.3) is 6.08 Å². The van der Waals surface area contributed by atoms with Gasteiger partial charge in [0.15, 0.2) is 11.5 Å². The lowest BCUT2D eigenvalue weighted by molar-refractivity contribution is -0.376. The van der Waals surface area contributed by atoms with Gasteiger partial charge in [-0.15, -0.1) is 0 Å². The number of carbonyl (C=O) groups excluding carboxylic acids is 2. The Hall–Kier alpha value is -3.94. The number of phenolic OH excluding ortho intramolecular Hbond substituents is 2. The van der Waals surface area contributed by atoms with Gasteiger partial charge in [0, 0.05) is 17.7 Å². The van der Waals surface area contributed by atoms with Crippen molar-refractivity contribution >= 4 is 18.0 Å². The number of nitrogens with one attached hydrogen (secondary N) is 1. The SMILES string of the molecule is C/C=C\c1cc(C(O)(C(F)(F)F)C(F)(F)F)cc(CCC)c1OCCCCN1C(=O)NC(C)(c2ccc(O)c(O)c2)C1=O. The summed E-state index contributed by atoms with van der Waals surface area (Å²) in [6, 6.07) is 4.31. The monoisotopic (exact) mass is 618 g/mol. The number of aromatic hydroxyl groups is 2. The second-order valence-corrected chi connectivity index (χ2v) is 10.3. The molecule has 3 amide bonds. The molecule has 1 saturated heterocycles. The molecule has 0 saturated carbocycles. The van der Waals surface area contributed by atoms with Crippen molar-refractivity contribution in [2.45, 2.75) is 69.9 Å². The first-order chi connectivity index (χ1) is 19.9. The molecule has 1 unspecified atom stereocenters. The lowest BCUT2D eigenvalue weighted by Crippen LogP contribution is -2.54. The molecule has 0 radical (unpaired) electrons. The molecule has 0 aromatic heterocycles. The number of rotatable bonds is 11. The summed E-state index contributed by atoms with van der Waals surface area (Å²) in [5, 5.41) is 31.9. The smallest absolute Gasteiger partial charge is 0.430 e. The number of aliphatic hydroxyl groups is 1. The number of halogens is 6. The minimum Gasteiger partial charge on any atom is -0.504 e. The maximum absolute atomic E-state index is 13.6. The molecule has 14 heteroatoms. The first-order valence-electron chi connectivity index (χ1n) is 13.4. The van der Waals surface area contributed by atoms with E-state index in [-0.39, 0.29) is 54.9 Å². The second kappa shape index (κ2) is 12.3. The molecule has 2 aromatic rings. The average molecular weight is 619 g/mol. The van der Waals surface area contributed by atoms with Gasteiger partial charge in [-0.05, 0) is 68.5 Å². The van der Waals surface area contributed by atoms with E-state index in [1.807, 2.05) is 0 Å². The Labute approximate surface area is 243 Å². The van der Waals surface area contributed by atoms with Crippen molar-refractivity contribution in [3.8, 4) is 17.2 Å². The van der Waals surface area contributed by atoms with Crippen LogP contribution in [0.15, 0.2) is 36.4 Å². The Bertz CT molecular complexity index is 1380. The van der Waals surface area contributed by atoms with E-state index in [4.69, 9.17) is 4.74 Å². The zero-order valence-corrected chi connectivity index (χ0v) is 23.6. The van der Waals surface area contributed by atoms with Crippen LogP contribution in [0.1, 0.15) is 62.3 Å². The Balaban J connectivity index is 1.77. The van der Waals surface area contributed by atoms with Gasteiger partial charge in [0.2, 0.25) is 0 Å². The molecule has 236 valence electrons. The molecule has 1 aliphatic rings. The minimum atomic E-state index is -6.04. The van der Waals surface area contributed by atoms with Crippen LogP contribution in [0, 0.1) is 0 Å². The molecule has 8 nitrogen and oxygen atoms in total. The standard InChI is InChI=1S/C29H32F6N2O6/c1-4-8-17-14-20(27(42,28(30,31)32)29(33,34)35)15-18(9-5-2)23(17)43-13-7-6-12-37-24(40)26(3,36-25(37)41)19-10-11-21(38)22(39)16-19/h4,8,10-11,14-16,38-39,42H,5-7,9,12-13H2,1-3H3,(H,36,41)/b8-4-. The Morgan fingerprint density at radius 2 is 1.65 bits per heavy atom. The van der Waals surface area contributed by atoms with Gasteiger partial charge in [-0.25, -0.2) is 4.79 Å². The van der Waals surface area contributed by atoms with Crippen LogP contribution >= 0.6 is 0 Å². The fourth-order valence-electron chi connectivity index (χ4n) is 4.82. The highest BCUT2D eigenvalue weighted by molar-refractivity contribution is 6.07. The summed E-state index contributed by atoms with van der Waals surface area (Å²) in [7, 11) is 0. The normalized spacial score (nSPS) is 18.0. The van der Waals surface area contributed by atoms with E-state index < -0.39 is 52.5 Å². The molecular formula is C29H32F6N2O6. The number of amides is 3. The lowest BCUT2D eigenvalue weighted by Gasteiger charge is -2.33. The van der Waals surface area contributed by atoms with Crippen LogP contribution in [0.3, 0.4) is 0 Å². The van der Waals surface area contributed by atoms with E-state index in [0.717, 1.165) is 11.0 Å². The summed E-state index contributed by atoms with van der Waals surface area (Å²) >= 11 is 0. The summed E-state index contributed by atoms with van der Waals surface area (Å²) in [5.41, 5.74) is -7.75. The number of unbranched alkanes of at least 4 members (excludes halogenated alkanes) is 1. The first-order valence-corrected chi connectivity index (χ1v) is 13.4. The zero-order valence-electron chi connectivity index (χ0n) is 23.6. The highest BCUT2D eigenvalue weighted by Gasteiger charge is 2.71. The van der Waals surface area contributed by atoms with Gasteiger partial charge < -0.3 is 25.4 Å². The number of carbonyl (C=O) groups is 2. The Morgan fingerprint density at radius 3 is 2.21 bits per heavy atom. The van der Waals surface area contributed by atoms with Gasteiger partial charge >= 0.3 is 18.4 Å². The third kappa shape index (κ3) is 6.38. The third-order valence-corrected chi connectivity index (χ3v) is 7.15. The van der Waals surface area contributed by atoms with Gasteiger partial charge in [0.05, 0.1) is 6.61 Å². The molecule has 1 heterocycles. The molecule has 4 N–H and O–H groups in total. The minimum absolute atomic E-state index is 0.0274. The molecule has 0 bridgehead atoms. The summed E-state index contributed by atoms with van der Waals surface area (Å²) < 4.78 is 87.3. The first kappa shape index (κ1) is 33.6. The lowest BCUT2D eigenvalue weighted by atomic mass is 9.88. The summed E-state index contributed by atoms with van der Waals surface area (Å²) in [5.74, 6) is -1.40. The summed E-state index contributed by atoms with van der Waals surface area (Å²) in [6.07, 6.45) is -8.47. The van der Waals surface area contributed by atoms with Gasteiger partial charge in [0.25, 0.3) is 11.5 Å². The quantitative estimate of drug-likeness (QED) is 0.106. The molecular weight excluding hydrogens is 586 g/mol. The van der Waals surface area contributed by atoms with E-state index >= 15 is 0 Å². The fourth-order valence-corrected chi connectivity index (χ4v) is 4.82. The molecule has 0 spiro atoms. The number of aryl methyl sites for hydroxylation is 1. The third-order valence-electron chi connectivity index (χ3n) is 7.15. The predicted molar refractivity (Wildman–Crippen MR) is 143 cm³/mol. The van der Waals surface area contributed by atoms with Crippen LogP contribution in [-0.4, -0.2) is 57.7 Å². The number of hydrogen-bond donors (Lipinski definition) is 4. The molecule has 1 aliphatic heterocycles.